The number of nitrogens with one attached hydrogen (secondary N) is 1. The highest BCUT2D eigenvalue weighted by atomic mass is 79.9. The number of benzene rings is 2. The van der Waals surface area contributed by atoms with Crippen LogP contribution in [0.2, 0.25) is 5.02 Å². The Morgan fingerprint density at radius 1 is 1.23 bits per heavy atom. The van der Waals surface area contributed by atoms with Crippen molar-refractivity contribution in [3.05, 3.63) is 75.7 Å². The third kappa shape index (κ3) is 4.83. The van der Waals surface area contributed by atoms with Crippen LogP contribution in [0, 0.1) is 0 Å². The third-order valence-electron chi connectivity index (χ3n) is 3.60. The van der Waals surface area contributed by atoms with Crippen LogP contribution in [0.3, 0.4) is 0 Å². The number of hydrogen-bond donors (Lipinski definition) is 1. The van der Waals surface area contributed by atoms with Gasteiger partial charge in [0.25, 0.3) is 0 Å². The number of hydrogen-bond acceptors (Lipinski definition) is 5. The van der Waals surface area contributed by atoms with Crippen LogP contribution in [-0.2, 0) is 19.7 Å². The van der Waals surface area contributed by atoms with Gasteiger partial charge >= 0.3 is 0 Å². The second kappa shape index (κ2) is 8.82. The van der Waals surface area contributed by atoms with Gasteiger partial charge in [0, 0.05) is 21.6 Å². The Morgan fingerprint density at radius 2 is 2.04 bits per heavy atom. The maximum atomic E-state index is 5.99. The lowest BCUT2D eigenvalue weighted by Gasteiger charge is -2.13. The molecule has 0 aliphatic rings. The van der Waals surface area contributed by atoms with E-state index >= 15 is 0 Å². The predicted molar refractivity (Wildman–Crippen MR) is 105 cm³/mol. The summed E-state index contributed by atoms with van der Waals surface area (Å²) in [4.78, 5) is 0. The number of tetrazole rings is 1. The topological polar surface area (TPSA) is 64.9 Å². The summed E-state index contributed by atoms with van der Waals surface area (Å²) >= 11 is 9.42. The van der Waals surface area contributed by atoms with E-state index in [1.165, 1.54) is 0 Å². The number of halogens is 2. The van der Waals surface area contributed by atoms with Crippen molar-refractivity contribution in [2.24, 2.45) is 0 Å². The predicted octanol–water partition coefficient (Wildman–Crippen LogP) is 4.47. The molecule has 1 aromatic heterocycles. The highest BCUT2D eigenvalue weighted by Gasteiger charge is 2.09. The Balaban J connectivity index is 1.70. The molecule has 0 bridgehead atoms. The van der Waals surface area contributed by atoms with Crippen LogP contribution in [0.1, 0.15) is 11.1 Å². The van der Waals surface area contributed by atoms with Crippen LogP contribution in [0.25, 0.3) is 0 Å². The number of rotatable bonds is 8. The van der Waals surface area contributed by atoms with Crippen molar-refractivity contribution >= 4 is 33.5 Å². The van der Waals surface area contributed by atoms with E-state index in [4.69, 9.17) is 16.3 Å². The lowest BCUT2D eigenvalue weighted by Crippen LogP contribution is -2.09. The molecular weight excluding hydrogens is 418 g/mol. The molecule has 3 aromatic rings. The van der Waals surface area contributed by atoms with E-state index in [1.54, 1.807) is 10.8 Å². The zero-order valence-corrected chi connectivity index (χ0v) is 16.2. The minimum atomic E-state index is 0.458. The highest BCUT2D eigenvalue weighted by Crippen LogP contribution is 2.25. The van der Waals surface area contributed by atoms with E-state index in [-0.39, 0.29) is 0 Å². The number of anilines is 1. The van der Waals surface area contributed by atoms with Crippen molar-refractivity contribution in [3.63, 3.8) is 0 Å². The lowest BCUT2D eigenvalue weighted by molar-refractivity contribution is 0.303. The summed E-state index contributed by atoms with van der Waals surface area (Å²) in [6.45, 7) is 5.22. The standard InChI is InChI=1S/C18H17BrClN5O/c1-2-9-25-18(22-23-24-25)21-11-14-10-15(19)5-8-17(14)26-12-13-3-6-16(20)7-4-13/h2-8,10H,1,9,11-12H2,(H,21,22,24). The molecule has 26 heavy (non-hydrogen) atoms. The molecule has 6 nitrogen and oxygen atoms in total. The van der Waals surface area contributed by atoms with Crippen molar-refractivity contribution in [3.8, 4) is 5.75 Å². The number of nitrogens with zero attached hydrogens (tertiary/aromatic N) is 4. The number of ether oxygens (including phenoxy) is 1. The molecule has 0 atom stereocenters. The summed E-state index contributed by atoms with van der Waals surface area (Å²) in [5.41, 5.74) is 2.03. The monoisotopic (exact) mass is 433 g/mol. The second-order valence-corrected chi connectivity index (χ2v) is 6.85. The first-order valence-corrected chi connectivity index (χ1v) is 9.09. The summed E-state index contributed by atoms with van der Waals surface area (Å²) in [6.07, 6.45) is 1.74. The van der Waals surface area contributed by atoms with Gasteiger partial charge in [0.1, 0.15) is 12.4 Å². The third-order valence-corrected chi connectivity index (χ3v) is 4.35. The van der Waals surface area contributed by atoms with Crippen molar-refractivity contribution < 1.29 is 4.74 Å². The Bertz CT molecular complexity index is 882. The van der Waals surface area contributed by atoms with Gasteiger partial charge in [-0.05, 0) is 46.3 Å². The Labute approximate surface area is 164 Å². The molecule has 0 fully saturated rings. The molecule has 0 unspecified atom stereocenters. The molecule has 134 valence electrons. The lowest BCUT2D eigenvalue weighted by atomic mass is 10.2. The van der Waals surface area contributed by atoms with Crippen LogP contribution in [-0.4, -0.2) is 20.2 Å². The quantitative estimate of drug-likeness (QED) is 0.530. The average molecular weight is 435 g/mol. The van der Waals surface area contributed by atoms with Gasteiger partial charge in [0.2, 0.25) is 5.95 Å². The van der Waals surface area contributed by atoms with Gasteiger partial charge in [-0.15, -0.1) is 6.58 Å². The Hall–Kier alpha value is -2.38. The summed E-state index contributed by atoms with van der Waals surface area (Å²) in [6, 6.07) is 13.5. The van der Waals surface area contributed by atoms with Crippen molar-refractivity contribution in [2.45, 2.75) is 19.7 Å². The van der Waals surface area contributed by atoms with Gasteiger partial charge in [-0.25, -0.2) is 4.68 Å². The second-order valence-electron chi connectivity index (χ2n) is 5.49. The first-order valence-electron chi connectivity index (χ1n) is 7.92. The van der Waals surface area contributed by atoms with E-state index in [9.17, 15) is 0 Å². The molecule has 0 amide bonds. The van der Waals surface area contributed by atoms with E-state index in [2.05, 4.69) is 43.4 Å². The summed E-state index contributed by atoms with van der Waals surface area (Å²) in [7, 11) is 0. The van der Waals surface area contributed by atoms with E-state index in [1.807, 2.05) is 42.5 Å². The smallest absolute Gasteiger partial charge is 0.243 e. The fraction of sp³-hybridized carbons (Fsp3) is 0.167. The van der Waals surface area contributed by atoms with Gasteiger partial charge in [0.05, 0.1) is 6.54 Å². The van der Waals surface area contributed by atoms with Gasteiger partial charge < -0.3 is 10.1 Å². The molecule has 0 saturated heterocycles. The molecule has 3 rings (SSSR count). The molecule has 0 spiro atoms. The first kappa shape index (κ1) is 18.4. The molecular formula is C18H17BrClN5O. The SMILES string of the molecule is C=CCn1nnnc1NCc1cc(Br)ccc1OCc1ccc(Cl)cc1. The zero-order valence-electron chi connectivity index (χ0n) is 13.9. The van der Waals surface area contributed by atoms with Crippen LogP contribution < -0.4 is 10.1 Å². The zero-order chi connectivity index (χ0) is 18.4. The molecule has 8 heteroatoms. The molecule has 0 saturated carbocycles. The van der Waals surface area contributed by atoms with E-state index in [0.717, 1.165) is 21.3 Å². The molecule has 1 N–H and O–H groups in total. The summed E-state index contributed by atoms with van der Waals surface area (Å²) in [5.74, 6) is 1.37. The molecule has 1 heterocycles. The summed E-state index contributed by atoms with van der Waals surface area (Å²) in [5, 5.41) is 15.5. The van der Waals surface area contributed by atoms with Crippen LogP contribution in [0.4, 0.5) is 5.95 Å². The first-order chi connectivity index (χ1) is 12.7. The van der Waals surface area contributed by atoms with Gasteiger partial charge in [-0.3, -0.25) is 0 Å². The van der Waals surface area contributed by atoms with Gasteiger partial charge in [-0.2, -0.15) is 0 Å². The fourth-order valence-corrected chi connectivity index (χ4v) is 2.85. The van der Waals surface area contributed by atoms with Crippen molar-refractivity contribution in [1.82, 2.24) is 20.2 Å². The average Bonchev–Trinajstić information content (AvgIpc) is 3.08. The minimum absolute atomic E-state index is 0.458. The highest BCUT2D eigenvalue weighted by molar-refractivity contribution is 9.10. The summed E-state index contributed by atoms with van der Waals surface area (Å²) < 4.78 is 8.60. The Morgan fingerprint density at radius 3 is 2.81 bits per heavy atom. The number of aromatic nitrogens is 4. The van der Waals surface area contributed by atoms with Gasteiger partial charge in [-0.1, -0.05) is 50.8 Å². The van der Waals surface area contributed by atoms with E-state index in [0.29, 0.717) is 30.7 Å². The molecule has 2 aromatic carbocycles. The van der Waals surface area contributed by atoms with Crippen LogP contribution >= 0.6 is 27.5 Å². The van der Waals surface area contributed by atoms with E-state index < -0.39 is 0 Å². The molecule has 0 aliphatic heterocycles. The maximum absolute atomic E-state index is 5.99. The number of allylic oxidation sites excluding steroid dienone is 1. The van der Waals surface area contributed by atoms with Crippen molar-refractivity contribution in [1.29, 1.82) is 0 Å². The van der Waals surface area contributed by atoms with Gasteiger partial charge in [0.15, 0.2) is 0 Å². The van der Waals surface area contributed by atoms with Crippen molar-refractivity contribution in [2.75, 3.05) is 5.32 Å². The molecule has 0 radical (unpaired) electrons. The maximum Gasteiger partial charge on any atom is 0.243 e. The fourth-order valence-electron chi connectivity index (χ4n) is 2.32. The normalized spacial score (nSPS) is 10.5. The molecule has 0 aliphatic carbocycles. The Kier molecular flexibility index (Phi) is 6.25. The minimum Gasteiger partial charge on any atom is -0.489 e. The largest absolute Gasteiger partial charge is 0.489 e. The van der Waals surface area contributed by atoms with Crippen LogP contribution in [0.5, 0.6) is 5.75 Å². The van der Waals surface area contributed by atoms with Crippen LogP contribution in [0.15, 0.2) is 59.6 Å².